The number of nitrogens with one attached hydrogen (secondary N) is 1. The summed E-state index contributed by atoms with van der Waals surface area (Å²) in [4.78, 5) is 30.2. The number of hydrogen-bond acceptors (Lipinski definition) is 3. The molecule has 2 fully saturated rings. The van der Waals surface area contributed by atoms with E-state index < -0.39 is 0 Å². The lowest BCUT2D eigenvalue weighted by Gasteiger charge is -2.36. The molecule has 0 radical (unpaired) electrons. The fraction of sp³-hybridized carbons (Fsp3) is 0.462. The third-order valence-corrected chi connectivity index (χ3v) is 7.33. The molecule has 1 heterocycles. The second-order valence-corrected chi connectivity index (χ2v) is 9.89. The number of halogens is 1. The lowest BCUT2D eigenvalue weighted by Crippen LogP contribution is -2.45. The van der Waals surface area contributed by atoms with Gasteiger partial charge in [0.1, 0.15) is 0 Å². The molecule has 6 heteroatoms. The summed E-state index contributed by atoms with van der Waals surface area (Å²) in [5, 5.41) is 3.17. The standard InChI is InChI=1S/C26H32BrN3O2/c1-29(22-10-3-2-4-11-22)26(32)23-12-5-6-13-24(23)30-16-14-21(15-17-30)28-25(31)19-8-7-9-20(27)18-19/h5-9,12-13,18,21-22H,2-4,10-11,14-17H2,1H3,(H,28,31). The summed E-state index contributed by atoms with van der Waals surface area (Å²) in [6, 6.07) is 15.9. The molecule has 170 valence electrons. The first-order valence-corrected chi connectivity index (χ1v) is 12.5. The Morgan fingerprint density at radius 3 is 2.41 bits per heavy atom. The molecule has 4 rings (SSSR count). The highest BCUT2D eigenvalue weighted by Gasteiger charge is 2.28. The molecule has 2 aromatic carbocycles. The topological polar surface area (TPSA) is 52.7 Å². The number of nitrogens with zero attached hydrogens (tertiary/aromatic N) is 2. The maximum atomic E-state index is 13.3. The zero-order chi connectivity index (χ0) is 22.5. The highest BCUT2D eigenvalue weighted by Crippen LogP contribution is 2.28. The molecule has 32 heavy (non-hydrogen) atoms. The number of carbonyl (C=O) groups is 2. The van der Waals surface area contributed by atoms with Gasteiger partial charge in [-0.3, -0.25) is 9.59 Å². The van der Waals surface area contributed by atoms with Gasteiger partial charge >= 0.3 is 0 Å². The highest BCUT2D eigenvalue weighted by molar-refractivity contribution is 9.10. The van der Waals surface area contributed by atoms with Crippen molar-refractivity contribution in [2.24, 2.45) is 0 Å². The highest BCUT2D eigenvalue weighted by atomic mass is 79.9. The average molecular weight is 498 g/mol. The van der Waals surface area contributed by atoms with Crippen LogP contribution in [0.2, 0.25) is 0 Å². The molecular weight excluding hydrogens is 466 g/mol. The lowest BCUT2D eigenvalue weighted by molar-refractivity contribution is 0.0696. The minimum Gasteiger partial charge on any atom is -0.371 e. The van der Waals surface area contributed by atoms with Crippen LogP contribution in [0.15, 0.2) is 53.0 Å². The number of rotatable bonds is 5. The summed E-state index contributed by atoms with van der Waals surface area (Å²) >= 11 is 3.43. The predicted molar refractivity (Wildman–Crippen MR) is 132 cm³/mol. The van der Waals surface area contributed by atoms with Gasteiger partial charge in [-0.15, -0.1) is 0 Å². The molecule has 0 spiro atoms. The van der Waals surface area contributed by atoms with E-state index in [-0.39, 0.29) is 17.9 Å². The van der Waals surface area contributed by atoms with E-state index in [4.69, 9.17) is 0 Å². The first-order chi connectivity index (χ1) is 15.5. The maximum Gasteiger partial charge on any atom is 0.255 e. The SMILES string of the molecule is CN(C(=O)c1ccccc1N1CCC(NC(=O)c2cccc(Br)c2)CC1)C1CCCCC1. The number of para-hydroxylation sites is 1. The van der Waals surface area contributed by atoms with Gasteiger partial charge in [0.05, 0.1) is 5.56 Å². The number of benzene rings is 2. The van der Waals surface area contributed by atoms with Crippen LogP contribution in [0, 0.1) is 0 Å². The van der Waals surface area contributed by atoms with Crippen LogP contribution in [0.25, 0.3) is 0 Å². The minimum absolute atomic E-state index is 0.0329. The molecule has 2 aliphatic rings. The Kier molecular flexibility index (Phi) is 7.51. The zero-order valence-corrected chi connectivity index (χ0v) is 20.3. The second kappa shape index (κ2) is 10.5. The van der Waals surface area contributed by atoms with Gasteiger partial charge in [0.2, 0.25) is 0 Å². The summed E-state index contributed by atoms with van der Waals surface area (Å²) in [7, 11) is 1.96. The van der Waals surface area contributed by atoms with Crippen molar-refractivity contribution in [3.05, 3.63) is 64.1 Å². The number of anilines is 1. The quantitative estimate of drug-likeness (QED) is 0.613. The molecule has 1 N–H and O–H groups in total. The van der Waals surface area contributed by atoms with Gasteiger partial charge in [0, 0.05) is 47.9 Å². The molecule has 0 unspecified atom stereocenters. The molecule has 0 atom stereocenters. The number of amides is 2. The molecule has 2 amide bonds. The van der Waals surface area contributed by atoms with Crippen molar-refractivity contribution < 1.29 is 9.59 Å². The molecule has 1 aliphatic heterocycles. The van der Waals surface area contributed by atoms with Crippen LogP contribution in [0.3, 0.4) is 0 Å². The lowest BCUT2D eigenvalue weighted by atomic mass is 9.94. The molecule has 1 saturated heterocycles. The van der Waals surface area contributed by atoms with Gasteiger partial charge in [-0.25, -0.2) is 0 Å². The van der Waals surface area contributed by atoms with Crippen LogP contribution in [0.4, 0.5) is 5.69 Å². The van der Waals surface area contributed by atoms with E-state index in [1.54, 1.807) is 0 Å². The second-order valence-electron chi connectivity index (χ2n) is 8.97. The van der Waals surface area contributed by atoms with Gasteiger partial charge in [-0.05, 0) is 56.0 Å². The van der Waals surface area contributed by atoms with Crippen molar-refractivity contribution in [2.75, 3.05) is 25.0 Å². The normalized spacial score (nSPS) is 17.8. The molecule has 1 saturated carbocycles. The van der Waals surface area contributed by atoms with Crippen LogP contribution >= 0.6 is 15.9 Å². The summed E-state index contributed by atoms with van der Waals surface area (Å²) in [5.74, 6) is 0.0898. The summed E-state index contributed by atoms with van der Waals surface area (Å²) in [5.41, 5.74) is 2.47. The van der Waals surface area contributed by atoms with E-state index in [9.17, 15) is 9.59 Å². The van der Waals surface area contributed by atoms with Crippen LogP contribution in [0.5, 0.6) is 0 Å². The molecule has 5 nitrogen and oxygen atoms in total. The Labute approximate surface area is 199 Å². The third-order valence-electron chi connectivity index (χ3n) is 6.83. The average Bonchev–Trinajstić information content (AvgIpc) is 2.84. The fourth-order valence-corrected chi connectivity index (χ4v) is 5.32. The van der Waals surface area contributed by atoms with Crippen molar-refractivity contribution in [1.82, 2.24) is 10.2 Å². The van der Waals surface area contributed by atoms with E-state index in [1.165, 1.54) is 19.3 Å². The van der Waals surface area contributed by atoms with Crippen LogP contribution in [0.1, 0.15) is 65.7 Å². The summed E-state index contributed by atoms with van der Waals surface area (Å²) in [6.45, 7) is 1.64. The number of piperidine rings is 1. The Morgan fingerprint density at radius 2 is 1.69 bits per heavy atom. The predicted octanol–water partition coefficient (Wildman–Crippen LogP) is 5.25. The van der Waals surface area contributed by atoms with Crippen molar-refractivity contribution in [3.8, 4) is 0 Å². The Bertz CT molecular complexity index is 950. The first-order valence-electron chi connectivity index (χ1n) is 11.7. The zero-order valence-electron chi connectivity index (χ0n) is 18.7. The van der Waals surface area contributed by atoms with Crippen molar-refractivity contribution >= 4 is 33.4 Å². The van der Waals surface area contributed by atoms with Crippen molar-refractivity contribution in [2.45, 2.75) is 57.0 Å². The monoisotopic (exact) mass is 497 g/mol. The Hall–Kier alpha value is -2.34. The largest absolute Gasteiger partial charge is 0.371 e. The molecular formula is C26H32BrN3O2. The van der Waals surface area contributed by atoms with Gasteiger partial charge in [-0.2, -0.15) is 0 Å². The molecule has 0 aromatic heterocycles. The van der Waals surface area contributed by atoms with Crippen LogP contribution in [-0.4, -0.2) is 48.9 Å². The Balaban J connectivity index is 1.38. The van der Waals surface area contributed by atoms with Crippen LogP contribution in [-0.2, 0) is 0 Å². The molecule has 2 aromatic rings. The third kappa shape index (κ3) is 5.34. The van der Waals surface area contributed by atoms with Gasteiger partial charge < -0.3 is 15.1 Å². The maximum absolute atomic E-state index is 13.3. The smallest absolute Gasteiger partial charge is 0.255 e. The summed E-state index contributed by atoms with van der Waals surface area (Å²) < 4.78 is 0.902. The molecule has 0 bridgehead atoms. The minimum atomic E-state index is -0.0329. The van der Waals surface area contributed by atoms with Crippen LogP contribution < -0.4 is 10.2 Å². The van der Waals surface area contributed by atoms with E-state index in [2.05, 4.69) is 32.2 Å². The summed E-state index contributed by atoms with van der Waals surface area (Å²) in [6.07, 6.45) is 7.64. The van der Waals surface area contributed by atoms with E-state index in [0.29, 0.717) is 11.6 Å². The van der Waals surface area contributed by atoms with E-state index in [1.807, 2.05) is 54.4 Å². The Morgan fingerprint density at radius 1 is 0.969 bits per heavy atom. The fourth-order valence-electron chi connectivity index (χ4n) is 4.92. The van der Waals surface area contributed by atoms with Gasteiger partial charge in [-0.1, -0.05) is 53.4 Å². The first kappa shape index (κ1) is 22.8. The van der Waals surface area contributed by atoms with E-state index >= 15 is 0 Å². The van der Waals surface area contributed by atoms with Crippen molar-refractivity contribution in [1.29, 1.82) is 0 Å². The van der Waals surface area contributed by atoms with E-state index in [0.717, 1.165) is 54.5 Å². The van der Waals surface area contributed by atoms with Gasteiger partial charge in [0.15, 0.2) is 0 Å². The number of hydrogen-bond donors (Lipinski definition) is 1. The van der Waals surface area contributed by atoms with Gasteiger partial charge in [0.25, 0.3) is 11.8 Å². The van der Waals surface area contributed by atoms with Crippen molar-refractivity contribution in [3.63, 3.8) is 0 Å². The molecule has 1 aliphatic carbocycles. The number of carbonyl (C=O) groups excluding carboxylic acids is 2.